The van der Waals surface area contributed by atoms with Crippen LogP contribution < -0.4 is 5.32 Å². The van der Waals surface area contributed by atoms with Gasteiger partial charge in [0.05, 0.1) is 29.3 Å². The van der Waals surface area contributed by atoms with E-state index in [1.807, 2.05) is 30.3 Å². The van der Waals surface area contributed by atoms with Crippen LogP contribution in [-0.2, 0) is 14.9 Å². The van der Waals surface area contributed by atoms with Gasteiger partial charge in [-0.05, 0) is 70.7 Å². The van der Waals surface area contributed by atoms with Crippen molar-refractivity contribution in [3.8, 4) is 0 Å². The third kappa shape index (κ3) is 5.18. The molecule has 1 aliphatic rings. The van der Waals surface area contributed by atoms with Crippen molar-refractivity contribution in [2.75, 3.05) is 25.5 Å². The highest BCUT2D eigenvalue weighted by molar-refractivity contribution is 9.10. The molecule has 0 aliphatic carbocycles. The van der Waals surface area contributed by atoms with Crippen LogP contribution in [0.15, 0.2) is 81.7 Å². The van der Waals surface area contributed by atoms with Crippen molar-refractivity contribution >= 4 is 55.3 Å². The number of carbonyl (C=O) groups excluding carboxylic acids is 3. The number of nitrogens with one attached hydrogen (secondary N) is 1. The van der Waals surface area contributed by atoms with Crippen molar-refractivity contribution in [2.24, 2.45) is 0 Å². The Morgan fingerprint density at radius 1 is 0.857 bits per heavy atom. The maximum Gasteiger partial charge on any atom is 0.316 e. The number of para-hydroxylation sites is 1. The third-order valence-corrected chi connectivity index (χ3v) is 7.62. The van der Waals surface area contributed by atoms with E-state index >= 15 is 0 Å². The number of piperidine rings is 1. The van der Waals surface area contributed by atoms with Crippen LogP contribution in [0.5, 0.6) is 0 Å². The lowest BCUT2D eigenvalue weighted by Crippen LogP contribution is -2.49. The standard InChI is InChI=1S/C27H24Br2N2O4/c1-35-26(34)27(18-10-12-19(28)13-11-18)14-16-31(17-15-27)25(33)21-7-3-5-9-23(21)30-24(32)20-6-2-4-8-22(20)29/h2-13H,14-17H2,1H3,(H,30,32). The Morgan fingerprint density at radius 2 is 1.46 bits per heavy atom. The predicted octanol–water partition coefficient (Wildman–Crippen LogP) is 5.81. The van der Waals surface area contributed by atoms with E-state index in [1.54, 1.807) is 47.4 Å². The molecule has 1 aliphatic heterocycles. The number of ether oxygens (including phenoxy) is 1. The largest absolute Gasteiger partial charge is 0.468 e. The Hall–Kier alpha value is -2.97. The summed E-state index contributed by atoms with van der Waals surface area (Å²) in [5.41, 5.74) is 1.39. The second-order valence-corrected chi connectivity index (χ2v) is 10.1. The van der Waals surface area contributed by atoms with E-state index in [9.17, 15) is 14.4 Å². The lowest BCUT2D eigenvalue weighted by molar-refractivity contribution is -0.149. The van der Waals surface area contributed by atoms with Crippen molar-refractivity contribution < 1.29 is 19.1 Å². The number of amides is 2. The number of carbonyl (C=O) groups is 3. The summed E-state index contributed by atoms with van der Waals surface area (Å²) in [7, 11) is 1.39. The topological polar surface area (TPSA) is 75.7 Å². The summed E-state index contributed by atoms with van der Waals surface area (Å²) in [4.78, 5) is 40.9. The lowest BCUT2D eigenvalue weighted by Gasteiger charge is -2.40. The van der Waals surface area contributed by atoms with E-state index in [0.29, 0.717) is 47.2 Å². The van der Waals surface area contributed by atoms with Crippen LogP contribution in [0.4, 0.5) is 5.69 Å². The van der Waals surface area contributed by atoms with E-state index in [1.165, 1.54) is 7.11 Å². The molecule has 0 unspecified atom stereocenters. The molecule has 0 spiro atoms. The van der Waals surface area contributed by atoms with Gasteiger partial charge < -0.3 is 15.0 Å². The number of nitrogens with zero attached hydrogens (tertiary/aromatic N) is 1. The van der Waals surface area contributed by atoms with Crippen molar-refractivity contribution in [1.82, 2.24) is 4.90 Å². The fourth-order valence-corrected chi connectivity index (χ4v) is 5.18. The van der Waals surface area contributed by atoms with E-state index in [2.05, 4.69) is 37.2 Å². The number of hydrogen-bond acceptors (Lipinski definition) is 4. The Kier molecular flexibility index (Phi) is 7.72. The molecule has 0 saturated carbocycles. The Bertz CT molecular complexity index is 1250. The molecule has 1 N–H and O–H groups in total. The van der Waals surface area contributed by atoms with Gasteiger partial charge in [-0.25, -0.2) is 0 Å². The number of esters is 1. The van der Waals surface area contributed by atoms with Crippen LogP contribution >= 0.6 is 31.9 Å². The van der Waals surface area contributed by atoms with Crippen molar-refractivity contribution in [3.05, 3.63) is 98.4 Å². The van der Waals surface area contributed by atoms with Crippen LogP contribution in [-0.4, -0.2) is 42.9 Å². The zero-order valence-corrected chi connectivity index (χ0v) is 22.3. The van der Waals surface area contributed by atoms with Crippen LogP contribution in [0.1, 0.15) is 39.1 Å². The quantitative estimate of drug-likeness (QED) is 0.376. The lowest BCUT2D eigenvalue weighted by atomic mass is 9.72. The van der Waals surface area contributed by atoms with Gasteiger partial charge in [0.15, 0.2) is 0 Å². The summed E-state index contributed by atoms with van der Waals surface area (Å²) >= 11 is 6.83. The van der Waals surface area contributed by atoms with E-state index in [0.717, 1.165) is 10.0 Å². The minimum absolute atomic E-state index is 0.192. The first-order valence-electron chi connectivity index (χ1n) is 11.1. The molecule has 0 bridgehead atoms. The van der Waals surface area contributed by atoms with Crippen LogP contribution in [0.25, 0.3) is 0 Å². The summed E-state index contributed by atoms with van der Waals surface area (Å²) in [5.74, 6) is -0.799. The van der Waals surface area contributed by atoms with Crippen LogP contribution in [0, 0.1) is 0 Å². The second-order valence-electron chi connectivity index (χ2n) is 8.35. The average molecular weight is 600 g/mol. The highest BCUT2D eigenvalue weighted by atomic mass is 79.9. The van der Waals surface area contributed by atoms with E-state index in [-0.39, 0.29) is 17.8 Å². The number of methoxy groups -OCH3 is 1. The molecular weight excluding hydrogens is 576 g/mol. The summed E-state index contributed by atoms with van der Waals surface area (Å²) in [6.45, 7) is 0.771. The third-order valence-electron chi connectivity index (χ3n) is 6.40. The van der Waals surface area contributed by atoms with Crippen LogP contribution in [0.3, 0.4) is 0 Å². The minimum atomic E-state index is -0.806. The van der Waals surface area contributed by atoms with Crippen molar-refractivity contribution in [2.45, 2.75) is 18.3 Å². The number of halogens is 2. The van der Waals surface area contributed by atoms with Gasteiger partial charge >= 0.3 is 5.97 Å². The average Bonchev–Trinajstić information content (AvgIpc) is 2.89. The maximum absolute atomic E-state index is 13.5. The fourth-order valence-electron chi connectivity index (χ4n) is 4.45. The molecule has 3 aromatic rings. The SMILES string of the molecule is COC(=O)C1(c2ccc(Br)cc2)CCN(C(=O)c2ccccc2NC(=O)c2ccccc2Br)CC1. The smallest absolute Gasteiger partial charge is 0.316 e. The second kappa shape index (κ2) is 10.7. The zero-order chi connectivity index (χ0) is 25.0. The Balaban J connectivity index is 1.54. The highest BCUT2D eigenvalue weighted by Gasteiger charge is 2.45. The number of hydrogen-bond donors (Lipinski definition) is 1. The van der Waals surface area contributed by atoms with Gasteiger partial charge in [0.2, 0.25) is 0 Å². The molecule has 3 aromatic carbocycles. The van der Waals surface area contributed by atoms with Crippen LogP contribution in [0.2, 0.25) is 0 Å². The summed E-state index contributed by atoms with van der Waals surface area (Å²) < 4.78 is 6.76. The van der Waals surface area contributed by atoms with Gasteiger partial charge in [0, 0.05) is 22.0 Å². The molecule has 35 heavy (non-hydrogen) atoms. The molecule has 1 heterocycles. The van der Waals surface area contributed by atoms with Crippen molar-refractivity contribution in [3.63, 3.8) is 0 Å². The number of anilines is 1. The van der Waals surface area contributed by atoms with Crippen molar-refractivity contribution in [1.29, 1.82) is 0 Å². The fraction of sp³-hybridized carbons (Fsp3) is 0.222. The zero-order valence-electron chi connectivity index (χ0n) is 19.1. The first kappa shape index (κ1) is 25.1. The summed E-state index contributed by atoms with van der Waals surface area (Å²) in [6, 6.07) is 21.7. The molecule has 0 atom stereocenters. The first-order chi connectivity index (χ1) is 16.9. The normalized spacial score (nSPS) is 14.8. The predicted molar refractivity (Wildman–Crippen MR) is 142 cm³/mol. The van der Waals surface area contributed by atoms with Gasteiger partial charge in [-0.2, -0.15) is 0 Å². The minimum Gasteiger partial charge on any atom is -0.468 e. The molecule has 4 rings (SSSR count). The van der Waals surface area contributed by atoms with E-state index < -0.39 is 5.41 Å². The molecule has 8 heteroatoms. The van der Waals surface area contributed by atoms with Gasteiger partial charge in [0.25, 0.3) is 11.8 Å². The molecule has 1 fully saturated rings. The monoisotopic (exact) mass is 598 g/mol. The molecule has 6 nitrogen and oxygen atoms in total. The molecular formula is C27H24Br2N2O4. The van der Waals surface area contributed by atoms with Gasteiger partial charge in [-0.15, -0.1) is 0 Å². The van der Waals surface area contributed by atoms with Gasteiger partial charge in [-0.3, -0.25) is 14.4 Å². The first-order valence-corrected chi connectivity index (χ1v) is 12.7. The Labute approximate surface area is 220 Å². The molecule has 0 aromatic heterocycles. The molecule has 180 valence electrons. The number of likely N-dealkylation sites (tertiary alicyclic amines) is 1. The summed E-state index contributed by atoms with van der Waals surface area (Å²) in [5, 5.41) is 2.87. The number of benzene rings is 3. The molecule has 2 amide bonds. The molecule has 1 saturated heterocycles. The molecule has 0 radical (unpaired) electrons. The van der Waals surface area contributed by atoms with Gasteiger partial charge in [-0.1, -0.05) is 52.3 Å². The Morgan fingerprint density at radius 3 is 2.09 bits per heavy atom. The van der Waals surface area contributed by atoms with E-state index in [4.69, 9.17) is 4.74 Å². The maximum atomic E-state index is 13.5. The van der Waals surface area contributed by atoms with Gasteiger partial charge in [0.1, 0.15) is 0 Å². The number of rotatable bonds is 5. The highest BCUT2D eigenvalue weighted by Crippen LogP contribution is 2.38. The summed E-state index contributed by atoms with van der Waals surface area (Å²) in [6.07, 6.45) is 0.886.